The van der Waals surface area contributed by atoms with Gasteiger partial charge in [-0.2, -0.15) is 0 Å². The van der Waals surface area contributed by atoms with Gasteiger partial charge in [0.15, 0.2) is 0 Å². The summed E-state index contributed by atoms with van der Waals surface area (Å²) in [5, 5.41) is 0. The van der Waals surface area contributed by atoms with Crippen LogP contribution in [-0.4, -0.2) is 16.8 Å². The van der Waals surface area contributed by atoms with Crippen LogP contribution < -0.4 is 0 Å². The van der Waals surface area contributed by atoms with E-state index in [1.807, 2.05) is 30.3 Å². The highest BCUT2D eigenvalue weighted by atomic mass is 79.9. The Morgan fingerprint density at radius 2 is 1.08 bits per heavy atom. The maximum atomic E-state index is 13.0. The summed E-state index contributed by atoms with van der Waals surface area (Å²) in [6.45, 7) is 0. The van der Waals surface area contributed by atoms with Gasteiger partial charge in [-0.1, -0.05) is 58.4 Å². The molecule has 0 spiro atoms. The van der Waals surface area contributed by atoms with E-state index in [-0.39, 0.29) is 19.6 Å². The molecule has 0 radical (unpaired) electrons. The van der Waals surface area contributed by atoms with Crippen LogP contribution >= 0.6 is 15.9 Å². The number of hydrogen-bond donors (Lipinski definition) is 0. The predicted molar refractivity (Wildman–Crippen MR) is 96.9 cm³/mol. The molecule has 0 atom stereocenters. The summed E-state index contributed by atoms with van der Waals surface area (Å²) in [6, 6.07) is 17.7. The predicted octanol–water partition coefficient (Wildman–Crippen LogP) is 4.10. The third-order valence-corrected chi connectivity index (χ3v) is 8.74. The van der Waals surface area contributed by atoms with Crippen molar-refractivity contribution in [3.05, 3.63) is 71.2 Å². The highest BCUT2D eigenvalue weighted by Gasteiger charge is 2.39. The Bertz CT molecular complexity index is 1220. The Morgan fingerprint density at radius 3 is 1.64 bits per heavy atom. The first-order valence-corrected chi connectivity index (χ1v) is 11.1. The fourth-order valence-electron chi connectivity index (χ4n) is 2.93. The lowest BCUT2D eigenvalue weighted by atomic mass is 10.1. The molecule has 4 nitrogen and oxygen atoms in total. The monoisotopic (exact) mass is 434 g/mol. The summed E-state index contributed by atoms with van der Waals surface area (Å²) >= 11 is 3.38. The smallest absolute Gasteiger partial charge is 0.209 e. The lowest BCUT2D eigenvalue weighted by molar-refractivity contribution is 0.570. The topological polar surface area (TPSA) is 68.3 Å². The Hall–Kier alpha value is -1.96. The highest BCUT2D eigenvalue weighted by molar-refractivity contribution is 9.10. The average molecular weight is 435 g/mol. The molecule has 0 saturated carbocycles. The van der Waals surface area contributed by atoms with Crippen LogP contribution in [0.1, 0.15) is 0 Å². The Morgan fingerprint density at radius 1 is 0.600 bits per heavy atom. The number of benzene rings is 3. The van der Waals surface area contributed by atoms with Gasteiger partial charge in [0.1, 0.15) is 0 Å². The first-order valence-electron chi connectivity index (χ1n) is 7.31. The Balaban J connectivity index is 2.11. The van der Waals surface area contributed by atoms with E-state index in [0.717, 1.165) is 5.56 Å². The quantitative estimate of drug-likeness (QED) is 0.452. The molecule has 0 N–H and O–H groups in total. The zero-order chi connectivity index (χ0) is 17.8. The normalized spacial score (nSPS) is 16.7. The summed E-state index contributed by atoms with van der Waals surface area (Å²) < 4.78 is 52.3. The summed E-state index contributed by atoms with van der Waals surface area (Å²) in [5.74, 6) is 0. The minimum absolute atomic E-state index is 0.177. The van der Waals surface area contributed by atoms with Gasteiger partial charge in [-0.25, -0.2) is 16.8 Å². The zero-order valence-electron chi connectivity index (χ0n) is 12.7. The van der Waals surface area contributed by atoms with Crippen molar-refractivity contribution in [1.29, 1.82) is 0 Å². The second kappa shape index (κ2) is 5.52. The van der Waals surface area contributed by atoms with Crippen LogP contribution in [0.3, 0.4) is 0 Å². The molecule has 0 bridgehead atoms. The SMILES string of the molecule is O=S1(=O)c2ccccc2S(=O)(=O)c2cc(-c3ccccc3)c(Br)cc21. The number of halogens is 1. The molecule has 25 heavy (non-hydrogen) atoms. The van der Waals surface area contributed by atoms with Crippen molar-refractivity contribution in [1.82, 2.24) is 0 Å². The molecule has 1 heterocycles. The molecule has 7 heteroatoms. The molecule has 0 fully saturated rings. The van der Waals surface area contributed by atoms with Crippen molar-refractivity contribution < 1.29 is 16.8 Å². The van der Waals surface area contributed by atoms with E-state index in [4.69, 9.17) is 0 Å². The molecule has 4 rings (SSSR count). The maximum Gasteiger partial charge on any atom is 0.209 e. The largest absolute Gasteiger partial charge is 0.218 e. The molecular weight excluding hydrogens is 424 g/mol. The van der Waals surface area contributed by atoms with Crippen molar-refractivity contribution in [2.45, 2.75) is 19.6 Å². The molecule has 3 aromatic carbocycles. The minimum Gasteiger partial charge on any atom is -0.218 e. The minimum atomic E-state index is -3.92. The van der Waals surface area contributed by atoms with Crippen molar-refractivity contribution in [2.75, 3.05) is 0 Å². The molecule has 0 aliphatic carbocycles. The molecule has 3 aromatic rings. The van der Waals surface area contributed by atoms with Crippen LogP contribution in [0.2, 0.25) is 0 Å². The van der Waals surface area contributed by atoms with Gasteiger partial charge in [0.25, 0.3) is 0 Å². The first kappa shape index (κ1) is 16.5. The molecule has 0 aromatic heterocycles. The summed E-state index contributed by atoms with van der Waals surface area (Å²) in [7, 11) is -7.82. The fourth-order valence-corrected chi connectivity index (χ4v) is 7.81. The number of rotatable bonds is 1. The molecule has 0 amide bonds. The van der Waals surface area contributed by atoms with E-state index in [1.165, 1.54) is 36.4 Å². The van der Waals surface area contributed by atoms with Gasteiger partial charge >= 0.3 is 0 Å². The summed E-state index contributed by atoms with van der Waals surface area (Å²) in [5.41, 5.74) is 1.42. The van der Waals surface area contributed by atoms with Gasteiger partial charge in [0, 0.05) is 4.47 Å². The summed E-state index contributed by atoms with van der Waals surface area (Å²) in [4.78, 5) is -0.739. The second-order valence-electron chi connectivity index (χ2n) is 5.60. The standard InChI is InChI=1S/C18H11BrO4S2/c19-14-11-18-17(10-13(14)12-6-2-1-3-7-12)24(20,21)15-8-4-5-9-16(15)25(18,22)23/h1-11H. The lowest BCUT2D eigenvalue weighted by Gasteiger charge is -2.21. The number of hydrogen-bond acceptors (Lipinski definition) is 4. The third-order valence-electron chi connectivity index (χ3n) is 4.13. The second-order valence-corrected chi connectivity index (χ2v) is 10.2. The van der Waals surface area contributed by atoms with E-state index < -0.39 is 19.7 Å². The van der Waals surface area contributed by atoms with Crippen LogP contribution in [0.5, 0.6) is 0 Å². The van der Waals surface area contributed by atoms with E-state index in [2.05, 4.69) is 15.9 Å². The third kappa shape index (κ3) is 2.38. The Kier molecular flexibility index (Phi) is 3.64. The van der Waals surface area contributed by atoms with Crippen LogP contribution in [0.15, 0.2) is 90.8 Å². The number of fused-ring (bicyclic) bond motifs is 2. The maximum absolute atomic E-state index is 13.0. The van der Waals surface area contributed by atoms with Gasteiger partial charge in [0.2, 0.25) is 19.7 Å². The highest BCUT2D eigenvalue weighted by Crippen LogP contribution is 2.44. The van der Waals surface area contributed by atoms with Crippen LogP contribution in [0, 0.1) is 0 Å². The Labute approximate surface area is 154 Å². The molecule has 0 saturated heterocycles. The van der Waals surface area contributed by atoms with Gasteiger partial charge in [-0.15, -0.1) is 0 Å². The molecule has 1 aliphatic heterocycles. The summed E-state index contributed by atoms with van der Waals surface area (Å²) in [6.07, 6.45) is 0. The first-order chi connectivity index (χ1) is 11.8. The molecular formula is C18H11BrO4S2. The van der Waals surface area contributed by atoms with Crippen molar-refractivity contribution >= 4 is 35.6 Å². The molecule has 126 valence electrons. The van der Waals surface area contributed by atoms with Crippen molar-refractivity contribution in [3.8, 4) is 11.1 Å². The van der Waals surface area contributed by atoms with Crippen LogP contribution in [-0.2, 0) is 19.7 Å². The van der Waals surface area contributed by atoms with E-state index in [1.54, 1.807) is 0 Å². The van der Waals surface area contributed by atoms with E-state index in [9.17, 15) is 16.8 Å². The van der Waals surface area contributed by atoms with Gasteiger partial charge in [0.05, 0.1) is 19.6 Å². The van der Waals surface area contributed by atoms with Crippen molar-refractivity contribution in [2.24, 2.45) is 0 Å². The van der Waals surface area contributed by atoms with E-state index in [0.29, 0.717) is 10.0 Å². The number of sulfone groups is 2. The van der Waals surface area contributed by atoms with E-state index >= 15 is 0 Å². The van der Waals surface area contributed by atoms with Gasteiger partial charge < -0.3 is 0 Å². The van der Waals surface area contributed by atoms with Crippen LogP contribution in [0.4, 0.5) is 0 Å². The average Bonchev–Trinajstić information content (AvgIpc) is 2.61. The molecule has 0 unspecified atom stereocenters. The fraction of sp³-hybridized carbons (Fsp3) is 0. The van der Waals surface area contributed by atoms with Gasteiger partial charge in [-0.05, 0) is 35.4 Å². The zero-order valence-corrected chi connectivity index (χ0v) is 15.9. The van der Waals surface area contributed by atoms with Crippen molar-refractivity contribution in [3.63, 3.8) is 0 Å². The van der Waals surface area contributed by atoms with Gasteiger partial charge in [-0.3, -0.25) is 0 Å². The molecule has 1 aliphatic rings. The van der Waals surface area contributed by atoms with Crippen LogP contribution in [0.25, 0.3) is 11.1 Å². The lowest BCUT2D eigenvalue weighted by Crippen LogP contribution is -2.19.